The highest BCUT2D eigenvalue weighted by Gasteiger charge is 2.15. The van der Waals surface area contributed by atoms with Crippen LogP contribution < -0.4 is 0 Å². The van der Waals surface area contributed by atoms with Crippen molar-refractivity contribution in [3.8, 4) is 39.3 Å². The summed E-state index contributed by atoms with van der Waals surface area (Å²) in [6.45, 7) is 0. The molecule has 0 N–H and O–H groups in total. The summed E-state index contributed by atoms with van der Waals surface area (Å²) >= 11 is 10.6. The molecular formula is C20H10N2S6. The van der Waals surface area contributed by atoms with E-state index in [9.17, 15) is 0 Å². The molecule has 0 aliphatic heterocycles. The van der Waals surface area contributed by atoms with Gasteiger partial charge in [-0.2, -0.15) is 0 Å². The maximum absolute atomic E-state index is 4.86. The molecule has 0 amide bonds. The molecule has 8 heteroatoms. The second-order valence-corrected chi connectivity index (χ2v) is 11.9. The summed E-state index contributed by atoms with van der Waals surface area (Å²) in [4.78, 5) is 19.4. The number of hydrogen-bond acceptors (Lipinski definition) is 8. The van der Waals surface area contributed by atoms with Crippen LogP contribution in [0.4, 0.5) is 0 Å². The van der Waals surface area contributed by atoms with E-state index in [0.29, 0.717) is 0 Å². The first-order chi connectivity index (χ1) is 13.8. The fourth-order valence-electron chi connectivity index (χ4n) is 2.86. The van der Waals surface area contributed by atoms with Gasteiger partial charge in [0.25, 0.3) is 0 Å². The van der Waals surface area contributed by atoms with Crippen molar-refractivity contribution < 1.29 is 0 Å². The van der Waals surface area contributed by atoms with Gasteiger partial charge >= 0.3 is 0 Å². The third-order valence-electron chi connectivity index (χ3n) is 4.14. The predicted octanol–water partition coefficient (Wildman–Crippen LogP) is 8.67. The summed E-state index contributed by atoms with van der Waals surface area (Å²) in [6, 6.07) is 17.3. The number of aromatic nitrogens is 2. The highest BCUT2D eigenvalue weighted by molar-refractivity contribution is 7.32. The van der Waals surface area contributed by atoms with Crippen molar-refractivity contribution in [3.63, 3.8) is 0 Å². The Morgan fingerprint density at radius 1 is 0.464 bits per heavy atom. The van der Waals surface area contributed by atoms with Gasteiger partial charge in [-0.3, -0.25) is 0 Å². The van der Waals surface area contributed by atoms with Crippen LogP contribution in [0.2, 0.25) is 0 Å². The van der Waals surface area contributed by atoms with Crippen molar-refractivity contribution in [3.05, 3.63) is 59.3 Å². The van der Waals surface area contributed by atoms with Gasteiger partial charge in [-0.15, -0.1) is 45.3 Å². The van der Waals surface area contributed by atoms with Crippen LogP contribution in [0.1, 0.15) is 0 Å². The van der Waals surface area contributed by atoms with E-state index in [1.165, 1.54) is 29.3 Å². The smallest absolute Gasteiger partial charge is 0.155 e. The molecule has 0 spiro atoms. The number of hydrogen-bond donors (Lipinski definition) is 0. The maximum atomic E-state index is 4.86. The molecule has 0 aliphatic rings. The molecule has 6 rings (SSSR count). The fourth-order valence-corrected chi connectivity index (χ4v) is 8.69. The number of thiazole rings is 2. The van der Waals surface area contributed by atoms with Crippen LogP contribution in [-0.2, 0) is 0 Å². The molecule has 6 aromatic heterocycles. The highest BCUT2D eigenvalue weighted by atomic mass is 32.1. The molecule has 2 nitrogen and oxygen atoms in total. The molecular weight excluding hydrogens is 461 g/mol. The van der Waals surface area contributed by atoms with Crippen molar-refractivity contribution in [2.75, 3.05) is 0 Å². The molecule has 0 aliphatic carbocycles. The van der Waals surface area contributed by atoms with Crippen LogP contribution in [0.5, 0.6) is 0 Å². The van der Waals surface area contributed by atoms with E-state index in [1.54, 1.807) is 45.3 Å². The van der Waals surface area contributed by atoms with Gasteiger partial charge in [-0.05, 0) is 47.2 Å². The van der Waals surface area contributed by atoms with Gasteiger partial charge in [-0.1, -0.05) is 34.8 Å². The van der Waals surface area contributed by atoms with Gasteiger partial charge in [0.1, 0.15) is 10.0 Å². The average Bonchev–Trinajstić information content (AvgIpc) is 3.54. The Morgan fingerprint density at radius 3 is 1.57 bits per heavy atom. The molecule has 0 saturated heterocycles. The Balaban J connectivity index is 1.31. The summed E-state index contributed by atoms with van der Waals surface area (Å²) < 4.78 is 0. The SMILES string of the molecule is c1csc(-c2ccc(-c3ccc(-c4nc5sc(-c6cccs6)nc5s4)s3)s2)c1. The minimum absolute atomic E-state index is 1.04. The molecule has 0 atom stereocenters. The molecule has 0 aromatic carbocycles. The van der Waals surface area contributed by atoms with E-state index in [0.717, 1.165) is 19.7 Å². The number of fused-ring (bicyclic) bond motifs is 1. The van der Waals surface area contributed by atoms with Gasteiger partial charge in [0, 0.05) is 19.5 Å². The first-order valence-electron chi connectivity index (χ1n) is 8.39. The lowest BCUT2D eigenvalue weighted by atomic mass is 10.3. The van der Waals surface area contributed by atoms with E-state index >= 15 is 0 Å². The topological polar surface area (TPSA) is 25.8 Å². The van der Waals surface area contributed by atoms with Crippen molar-refractivity contribution >= 4 is 77.7 Å². The standard InChI is InChI=1S/C20H10N2S6/c1-3-11(23-9-1)12-5-6-13(25-12)14-7-8-16(26-14)18-22-20-19(28-18)21-17(27-20)15-4-2-10-24-15/h1-10H. The second-order valence-electron chi connectivity index (χ2n) is 5.93. The fraction of sp³-hybridized carbons (Fsp3) is 0. The van der Waals surface area contributed by atoms with Crippen LogP contribution >= 0.6 is 68.0 Å². The highest BCUT2D eigenvalue weighted by Crippen LogP contribution is 2.43. The zero-order chi connectivity index (χ0) is 18.5. The average molecular weight is 471 g/mol. The second kappa shape index (κ2) is 6.98. The molecule has 0 saturated carbocycles. The van der Waals surface area contributed by atoms with Crippen molar-refractivity contribution in [2.45, 2.75) is 0 Å². The molecule has 6 aromatic rings. The van der Waals surface area contributed by atoms with Gasteiger partial charge in [0.05, 0.1) is 9.75 Å². The number of rotatable bonds is 4. The van der Waals surface area contributed by atoms with Gasteiger partial charge < -0.3 is 0 Å². The van der Waals surface area contributed by atoms with Crippen LogP contribution in [0.3, 0.4) is 0 Å². The van der Waals surface area contributed by atoms with Crippen LogP contribution in [0.25, 0.3) is 48.9 Å². The van der Waals surface area contributed by atoms with Gasteiger partial charge in [-0.25, -0.2) is 9.97 Å². The molecule has 0 radical (unpaired) electrons. The molecule has 136 valence electrons. The summed E-state index contributed by atoms with van der Waals surface area (Å²) in [5.74, 6) is 0. The quantitative estimate of drug-likeness (QED) is 0.257. The van der Waals surface area contributed by atoms with Crippen LogP contribution in [0, 0.1) is 0 Å². The van der Waals surface area contributed by atoms with E-state index < -0.39 is 0 Å². The summed E-state index contributed by atoms with van der Waals surface area (Å²) in [6.07, 6.45) is 0. The minimum Gasteiger partial charge on any atom is -0.222 e. The molecule has 0 unspecified atom stereocenters. The van der Waals surface area contributed by atoms with Crippen molar-refractivity contribution in [1.29, 1.82) is 0 Å². The van der Waals surface area contributed by atoms with Crippen LogP contribution in [-0.4, -0.2) is 9.97 Å². The normalized spacial score (nSPS) is 11.6. The Hall–Kier alpha value is -1.68. The lowest BCUT2D eigenvalue weighted by molar-refractivity contribution is 1.51. The zero-order valence-corrected chi connectivity index (χ0v) is 19.0. The lowest BCUT2D eigenvalue weighted by Gasteiger charge is -1.91. The maximum Gasteiger partial charge on any atom is 0.155 e. The third-order valence-corrected chi connectivity index (χ3v) is 10.8. The van der Waals surface area contributed by atoms with E-state index in [2.05, 4.69) is 59.3 Å². The molecule has 28 heavy (non-hydrogen) atoms. The van der Waals surface area contributed by atoms with E-state index in [1.807, 2.05) is 22.7 Å². The van der Waals surface area contributed by atoms with E-state index in [4.69, 9.17) is 9.97 Å². The third kappa shape index (κ3) is 3.01. The first kappa shape index (κ1) is 17.2. The summed E-state index contributed by atoms with van der Waals surface area (Å²) in [5.41, 5.74) is 0. The zero-order valence-electron chi connectivity index (χ0n) is 14.1. The molecule has 6 heterocycles. The monoisotopic (exact) mass is 470 g/mol. The van der Waals surface area contributed by atoms with Gasteiger partial charge in [0.2, 0.25) is 0 Å². The minimum atomic E-state index is 1.04. The lowest BCUT2D eigenvalue weighted by Crippen LogP contribution is -1.67. The Kier molecular flexibility index (Phi) is 4.29. The molecule has 0 bridgehead atoms. The number of nitrogens with zero attached hydrogens (tertiary/aromatic N) is 2. The van der Waals surface area contributed by atoms with Crippen LogP contribution in [0.15, 0.2) is 59.3 Å². The van der Waals surface area contributed by atoms with E-state index in [-0.39, 0.29) is 0 Å². The first-order valence-corrected chi connectivity index (χ1v) is 13.4. The van der Waals surface area contributed by atoms with Crippen molar-refractivity contribution in [2.24, 2.45) is 0 Å². The number of thiophene rings is 4. The summed E-state index contributed by atoms with van der Waals surface area (Å²) in [5, 5.41) is 6.36. The largest absolute Gasteiger partial charge is 0.222 e. The van der Waals surface area contributed by atoms with Crippen molar-refractivity contribution in [1.82, 2.24) is 9.97 Å². The Bertz CT molecular complexity index is 1330. The van der Waals surface area contributed by atoms with Gasteiger partial charge in [0.15, 0.2) is 9.66 Å². The summed E-state index contributed by atoms with van der Waals surface area (Å²) in [7, 11) is 0. The predicted molar refractivity (Wildman–Crippen MR) is 129 cm³/mol. The Labute approximate surface area is 185 Å². The molecule has 0 fully saturated rings. The Morgan fingerprint density at radius 2 is 0.964 bits per heavy atom.